The Balaban J connectivity index is 1.41. The molecule has 1 aliphatic carbocycles. The molecule has 3 aromatic rings. The molecule has 5 rings (SSSR count). The van der Waals surface area contributed by atoms with Gasteiger partial charge >= 0.3 is 0 Å². The lowest BCUT2D eigenvalue weighted by Crippen LogP contribution is -2.42. The van der Waals surface area contributed by atoms with E-state index < -0.39 is 0 Å². The number of hydrogen-bond acceptors (Lipinski definition) is 5. The average Bonchev–Trinajstić information content (AvgIpc) is 3.61. The number of rotatable bonds is 7. The van der Waals surface area contributed by atoms with Crippen LogP contribution in [0.25, 0.3) is 11.0 Å². The van der Waals surface area contributed by atoms with Crippen LogP contribution in [-0.4, -0.2) is 45.4 Å². The van der Waals surface area contributed by atoms with Crippen molar-refractivity contribution >= 4 is 40.1 Å². The lowest BCUT2D eigenvalue weighted by molar-refractivity contribution is -0.125. The molecule has 7 nitrogen and oxygen atoms in total. The predicted molar refractivity (Wildman–Crippen MR) is 158 cm³/mol. The SMILES string of the molecule is C#Cc1ccc(C(=O)Nc2nc3cc(CN[C@@H](C)C(C)(C)C)ccc3n2C2CC3(CCN(C(=O)C=C)C3)C2)s1. The lowest BCUT2D eigenvalue weighted by atomic mass is 9.64. The Hall–Kier alpha value is -3.41. The van der Waals surface area contributed by atoms with Crippen LogP contribution in [0.4, 0.5) is 5.95 Å². The molecule has 1 spiro atoms. The van der Waals surface area contributed by atoms with Gasteiger partial charge in [-0.05, 0) is 72.9 Å². The van der Waals surface area contributed by atoms with E-state index in [0.717, 1.165) is 60.4 Å². The van der Waals surface area contributed by atoms with Crippen LogP contribution >= 0.6 is 11.3 Å². The highest BCUT2D eigenvalue weighted by atomic mass is 32.1. The van der Waals surface area contributed by atoms with Crippen molar-refractivity contribution in [3.63, 3.8) is 0 Å². The van der Waals surface area contributed by atoms with Gasteiger partial charge in [-0.2, -0.15) is 0 Å². The van der Waals surface area contributed by atoms with E-state index >= 15 is 0 Å². The van der Waals surface area contributed by atoms with Crippen LogP contribution < -0.4 is 10.6 Å². The molecule has 8 heteroatoms. The van der Waals surface area contributed by atoms with Gasteiger partial charge in [0.2, 0.25) is 11.9 Å². The van der Waals surface area contributed by atoms with Gasteiger partial charge in [0, 0.05) is 31.7 Å². The standard InChI is InChI=1S/C31H37N5O2S/c1-7-23-10-12-26(39-23)28(38)34-29-33-24-15-21(18-32-20(3)30(4,5)6)9-11-25(24)36(29)22-16-31(17-22)13-14-35(19-31)27(37)8-2/h1,8-12,15,20,22,32H,2,13-14,16-19H2,3-6H3,(H,33,34,38)/t20-,22?,31?/m0/s1. The first-order valence-corrected chi connectivity index (χ1v) is 14.4. The number of nitrogens with zero attached hydrogens (tertiary/aromatic N) is 3. The van der Waals surface area contributed by atoms with Crippen LogP contribution in [0.15, 0.2) is 43.0 Å². The number of terminal acetylenes is 1. The van der Waals surface area contributed by atoms with Gasteiger partial charge in [-0.1, -0.05) is 39.3 Å². The first kappa shape index (κ1) is 27.2. The Bertz CT molecular complexity index is 1460. The normalized spacial score (nSPS) is 21.5. The molecule has 0 unspecified atom stereocenters. The number of nitrogens with one attached hydrogen (secondary N) is 2. The molecule has 1 saturated carbocycles. The van der Waals surface area contributed by atoms with Gasteiger partial charge in [0.15, 0.2) is 0 Å². The van der Waals surface area contributed by atoms with Crippen molar-refractivity contribution < 1.29 is 9.59 Å². The zero-order chi connectivity index (χ0) is 27.9. The number of fused-ring (bicyclic) bond motifs is 1. The Morgan fingerprint density at radius 2 is 2.08 bits per heavy atom. The number of carbonyl (C=O) groups excluding carboxylic acids is 2. The van der Waals surface area contributed by atoms with E-state index in [2.05, 4.69) is 73.6 Å². The van der Waals surface area contributed by atoms with Crippen molar-refractivity contribution in [2.75, 3.05) is 18.4 Å². The summed E-state index contributed by atoms with van der Waals surface area (Å²) >= 11 is 1.30. The summed E-state index contributed by atoms with van der Waals surface area (Å²) in [7, 11) is 0. The fourth-order valence-electron chi connectivity index (χ4n) is 5.70. The number of hydrogen-bond donors (Lipinski definition) is 2. The van der Waals surface area contributed by atoms with E-state index in [4.69, 9.17) is 11.4 Å². The van der Waals surface area contributed by atoms with Crippen molar-refractivity contribution in [2.24, 2.45) is 10.8 Å². The van der Waals surface area contributed by atoms with Gasteiger partial charge in [0.05, 0.1) is 20.8 Å². The maximum Gasteiger partial charge on any atom is 0.268 e. The van der Waals surface area contributed by atoms with E-state index in [-0.39, 0.29) is 28.7 Å². The number of amides is 2. The molecule has 3 heterocycles. The van der Waals surface area contributed by atoms with Gasteiger partial charge in [0.1, 0.15) is 0 Å². The molecule has 2 fully saturated rings. The highest BCUT2D eigenvalue weighted by molar-refractivity contribution is 7.14. The Kier molecular flexibility index (Phi) is 7.17. The molecule has 39 heavy (non-hydrogen) atoms. The molecule has 2 N–H and O–H groups in total. The van der Waals surface area contributed by atoms with E-state index in [1.807, 2.05) is 4.90 Å². The summed E-state index contributed by atoms with van der Waals surface area (Å²) in [6.07, 6.45) is 9.78. The van der Waals surface area contributed by atoms with Gasteiger partial charge in [-0.15, -0.1) is 17.8 Å². The minimum atomic E-state index is -0.211. The number of benzene rings is 1. The third-order valence-electron chi connectivity index (χ3n) is 8.49. The van der Waals surface area contributed by atoms with Gasteiger partial charge in [-0.3, -0.25) is 14.9 Å². The third-order valence-corrected chi connectivity index (χ3v) is 9.50. The van der Waals surface area contributed by atoms with Gasteiger partial charge in [-0.25, -0.2) is 4.98 Å². The molecule has 1 atom stereocenters. The maximum absolute atomic E-state index is 13.2. The van der Waals surface area contributed by atoms with Crippen LogP contribution in [0.3, 0.4) is 0 Å². The summed E-state index contributed by atoms with van der Waals surface area (Å²) in [4.78, 5) is 33.4. The van der Waals surface area contributed by atoms with E-state index in [1.54, 1.807) is 12.1 Å². The molecule has 1 aromatic carbocycles. The summed E-state index contributed by atoms with van der Waals surface area (Å²) in [5.74, 6) is 2.93. The molecule has 2 aliphatic rings. The van der Waals surface area contributed by atoms with Crippen LogP contribution in [0.5, 0.6) is 0 Å². The highest BCUT2D eigenvalue weighted by Gasteiger charge is 2.50. The van der Waals surface area contributed by atoms with Crippen LogP contribution in [0, 0.1) is 23.2 Å². The molecule has 1 aliphatic heterocycles. The average molecular weight is 544 g/mol. The van der Waals surface area contributed by atoms with Crippen LogP contribution in [0.2, 0.25) is 0 Å². The largest absolute Gasteiger partial charge is 0.339 e. The van der Waals surface area contributed by atoms with Crippen LogP contribution in [0.1, 0.15) is 73.1 Å². The van der Waals surface area contributed by atoms with Crippen LogP contribution in [-0.2, 0) is 11.3 Å². The Morgan fingerprint density at radius 1 is 1.31 bits per heavy atom. The maximum atomic E-state index is 13.2. The number of likely N-dealkylation sites (tertiary alicyclic amines) is 1. The zero-order valence-corrected chi connectivity index (χ0v) is 24.0. The van der Waals surface area contributed by atoms with Gasteiger partial charge < -0.3 is 14.8 Å². The molecule has 0 radical (unpaired) electrons. The second-order valence-corrected chi connectivity index (χ2v) is 13.2. The molecular weight excluding hydrogens is 506 g/mol. The highest BCUT2D eigenvalue weighted by Crippen LogP contribution is 2.55. The van der Waals surface area contributed by atoms with Crippen molar-refractivity contribution in [1.29, 1.82) is 0 Å². The number of anilines is 1. The van der Waals surface area contributed by atoms with Crippen molar-refractivity contribution in [2.45, 2.75) is 65.6 Å². The molecule has 0 bridgehead atoms. The zero-order valence-electron chi connectivity index (χ0n) is 23.2. The summed E-state index contributed by atoms with van der Waals surface area (Å²) in [5, 5.41) is 6.69. The monoisotopic (exact) mass is 543 g/mol. The first-order valence-electron chi connectivity index (χ1n) is 13.6. The van der Waals surface area contributed by atoms with Crippen molar-refractivity contribution in [1.82, 2.24) is 19.8 Å². The summed E-state index contributed by atoms with van der Waals surface area (Å²) in [6, 6.07) is 10.5. The number of thiophene rings is 1. The number of carbonyl (C=O) groups is 2. The quantitative estimate of drug-likeness (QED) is 0.301. The van der Waals surface area contributed by atoms with Gasteiger partial charge in [0.25, 0.3) is 5.91 Å². The topological polar surface area (TPSA) is 79.3 Å². The van der Waals surface area contributed by atoms with E-state index in [1.165, 1.54) is 17.4 Å². The molecule has 2 aromatic heterocycles. The molecule has 1 saturated heterocycles. The minimum Gasteiger partial charge on any atom is -0.339 e. The molecule has 204 valence electrons. The van der Waals surface area contributed by atoms with Crippen molar-refractivity contribution in [3.05, 3.63) is 58.3 Å². The molecule has 2 amide bonds. The fourth-order valence-corrected chi connectivity index (χ4v) is 6.41. The van der Waals surface area contributed by atoms with E-state index in [9.17, 15) is 9.59 Å². The Labute approximate surface area is 234 Å². The predicted octanol–water partition coefficient (Wildman–Crippen LogP) is 5.60. The summed E-state index contributed by atoms with van der Waals surface area (Å²) < 4.78 is 2.18. The lowest BCUT2D eigenvalue weighted by Gasteiger charge is -2.46. The second-order valence-electron chi connectivity index (χ2n) is 12.1. The van der Waals surface area contributed by atoms with Crippen molar-refractivity contribution in [3.8, 4) is 12.3 Å². The molecular formula is C31H37N5O2S. The second kappa shape index (κ2) is 10.3. The number of imidazole rings is 1. The summed E-state index contributed by atoms with van der Waals surface area (Å²) in [6.45, 7) is 14.8. The van der Waals surface area contributed by atoms with E-state index in [0.29, 0.717) is 16.9 Å². The first-order chi connectivity index (χ1) is 18.5. The number of aromatic nitrogens is 2. The third kappa shape index (κ3) is 5.39. The minimum absolute atomic E-state index is 0.000520. The summed E-state index contributed by atoms with van der Waals surface area (Å²) in [5.41, 5.74) is 3.29. The fraction of sp³-hybridized carbons (Fsp3) is 0.452. The Morgan fingerprint density at radius 3 is 2.74 bits per heavy atom. The smallest absolute Gasteiger partial charge is 0.268 e.